The van der Waals surface area contributed by atoms with Crippen molar-refractivity contribution in [3.05, 3.63) is 130 Å². The summed E-state index contributed by atoms with van der Waals surface area (Å²) in [5.74, 6) is 0. The molecule has 7 aromatic rings. The lowest BCUT2D eigenvalue weighted by Gasteiger charge is -2.41. The van der Waals surface area contributed by atoms with Crippen LogP contribution in [0.5, 0.6) is 0 Å². The van der Waals surface area contributed by atoms with Gasteiger partial charge in [-0.2, -0.15) is 0 Å². The van der Waals surface area contributed by atoms with E-state index in [1.54, 1.807) is 0 Å². The van der Waals surface area contributed by atoms with Gasteiger partial charge in [-0.3, -0.25) is 9.59 Å². The summed E-state index contributed by atoms with van der Waals surface area (Å²) in [5.41, 5.74) is 5.64. The molecular weight excluding hydrogens is 496 g/mol. The van der Waals surface area contributed by atoms with E-state index in [9.17, 15) is 9.59 Å². The molecule has 0 unspecified atom stereocenters. The van der Waals surface area contributed by atoms with E-state index in [1.165, 1.54) is 10.9 Å². The average molecular weight is 521 g/mol. The molecule has 0 saturated carbocycles. The molecule has 5 heteroatoms. The van der Waals surface area contributed by atoms with E-state index < -0.39 is 8.07 Å². The summed E-state index contributed by atoms with van der Waals surface area (Å²) >= 11 is 0. The first kappa shape index (κ1) is 22.3. The van der Waals surface area contributed by atoms with Gasteiger partial charge in [0.05, 0.1) is 16.6 Å². The number of nitrogens with zero attached hydrogens (tertiary/aromatic N) is 2. The summed E-state index contributed by atoms with van der Waals surface area (Å²) in [5, 5.41) is 5.03. The van der Waals surface area contributed by atoms with Crippen molar-refractivity contribution in [3.63, 3.8) is 0 Å². The van der Waals surface area contributed by atoms with Crippen LogP contribution in [0.3, 0.4) is 0 Å². The van der Waals surface area contributed by atoms with Gasteiger partial charge in [-0.15, -0.1) is 0 Å². The van der Waals surface area contributed by atoms with Gasteiger partial charge in [0.1, 0.15) is 8.07 Å². The molecule has 1 aliphatic rings. The minimum atomic E-state index is -2.35. The van der Waals surface area contributed by atoms with Gasteiger partial charge in [-0.05, 0) is 65.0 Å². The predicted molar refractivity (Wildman–Crippen MR) is 165 cm³/mol. The molecule has 0 bridgehead atoms. The zero-order valence-electron chi connectivity index (χ0n) is 21.6. The van der Waals surface area contributed by atoms with Gasteiger partial charge in [0.15, 0.2) is 10.9 Å². The first-order valence-electron chi connectivity index (χ1n) is 13.2. The van der Waals surface area contributed by atoms with E-state index in [0.717, 1.165) is 33.0 Å². The number of pyridine rings is 2. The topological polar surface area (TPSA) is 41.8 Å². The maximum absolute atomic E-state index is 14.5. The second-order valence-electron chi connectivity index (χ2n) is 10.9. The summed E-state index contributed by atoms with van der Waals surface area (Å²) < 4.78 is 2.15. The van der Waals surface area contributed by atoms with E-state index in [1.807, 2.05) is 48.5 Å². The van der Waals surface area contributed by atoms with Crippen molar-refractivity contribution in [1.82, 2.24) is 4.40 Å². The first-order valence-corrected chi connectivity index (χ1v) is 16.2. The third-order valence-corrected chi connectivity index (χ3v) is 12.0. The van der Waals surface area contributed by atoms with Crippen molar-refractivity contribution in [2.75, 3.05) is 4.90 Å². The van der Waals surface area contributed by atoms with Crippen molar-refractivity contribution in [1.29, 1.82) is 0 Å². The molecule has 0 amide bonds. The van der Waals surface area contributed by atoms with Crippen LogP contribution in [0.1, 0.15) is 0 Å². The summed E-state index contributed by atoms with van der Waals surface area (Å²) in [6.07, 6.45) is 0. The highest BCUT2D eigenvalue weighted by atomic mass is 28.3. The van der Waals surface area contributed by atoms with Crippen molar-refractivity contribution in [2.45, 2.75) is 13.1 Å². The van der Waals surface area contributed by atoms with Gasteiger partial charge in [-0.1, -0.05) is 67.7 Å². The van der Waals surface area contributed by atoms with Crippen molar-refractivity contribution >= 4 is 73.6 Å². The highest BCUT2D eigenvalue weighted by molar-refractivity contribution is 7.04. The summed E-state index contributed by atoms with van der Waals surface area (Å²) in [6, 6.07) is 36.5. The Kier molecular flexibility index (Phi) is 4.37. The molecule has 0 radical (unpaired) electrons. The predicted octanol–water partition coefficient (Wildman–Crippen LogP) is 6.16. The Bertz CT molecular complexity index is 2250. The summed E-state index contributed by atoms with van der Waals surface area (Å²) in [4.78, 5) is 30.3. The number of hydrogen-bond acceptors (Lipinski definition) is 3. The van der Waals surface area contributed by atoms with E-state index >= 15 is 0 Å². The smallest absolute Gasteiger partial charge is 0.197 e. The molecule has 0 saturated heterocycles. The molecule has 39 heavy (non-hydrogen) atoms. The Morgan fingerprint density at radius 3 is 2.05 bits per heavy atom. The summed E-state index contributed by atoms with van der Waals surface area (Å²) in [6.45, 7) is 4.69. The molecule has 8 rings (SSSR count). The molecule has 0 aliphatic carbocycles. The lowest BCUT2D eigenvalue weighted by molar-refractivity contribution is 1.27. The number of rotatable bonds is 1. The van der Waals surface area contributed by atoms with Crippen LogP contribution < -0.4 is 26.1 Å². The number of fused-ring (bicyclic) bond motifs is 7. The molecule has 0 spiro atoms. The molecular formula is C34H24N2O2Si. The second kappa shape index (κ2) is 7.65. The number of aromatic nitrogens is 1. The third-order valence-electron chi connectivity index (χ3n) is 8.47. The average Bonchev–Trinajstić information content (AvgIpc) is 2.97. The van der Waals surface area contributed by atoms with Crippen LogP contribution in [0.4, 0.5) is 17.1 Å². The highest BCUT2D eigenvalue weighted by Crippen LogP contribution is 2.40. The number of anilines is 3. The lowest BCUT2D eigenvalue weighted by Crippen LogP contribution is -2.59. The normalized spacial score (nSPS) is 14.3. The molecule has 0 atom stereocenters. The molecule has 186 valence electrons. The molecule has 2 aromatic heterocycles. The fourth-order valence-electron chi connectivity index (χ4n) is 6.79. The van der Waals surface area contributed by atoms with Crippen LogP contribution in [-0.2, 0) is 0 Å². The van der Waals surface area contributed by atoms with Gasteiger partial charge in [-0.25, -0.2) is 0 Å². The Morgan fingerprint density at radius 2 is 1.23 bits per heavy atom. The van der Waals surface area contributed by atoms with E-state index in [0.29, 0.717) is 21.7 Å². The van der Waals surface area contributed by atoms with Gasteiger partial charge < -0.3 is 9.30 Å². The fraction of sp³-hybridized carbons (Fsp3) is 0.0588. The van der Waals surface area contributed by atoms with Crippen molar-refractivity contribution in [3.8, 4) is 0 Å². The van der Waals surface area contributed by atoms with E-state index in [2.05, 4.69) is 83.1 Å². The Morgan fingerprint density at radius 1 is 0.564 bits per heavy atom. The Balaban J connectivity index is 1.64. The summed E-state index contributed by atoms with van der Waals surface area (Å²) in [7, 11) is -2.35. The molecule has 0 N–H and O–H groups in total. The molecule has 5 aromatic carbocycles. The standard InChI is InChI=1S/C34H24N2O2Si/c1-39(2)29-18-9-8-17-26(29)35(21-11-4-3-5-12-21)28-20-19-27-30(34(28)39)33(38)24-15-10-14-23-31(24)36(27)25-16-7-6-13-22(25)32(23)37/h3-20H,1-2H3. The van der Waals surface area contributed by atoms with Gasteiger partial charge in [0, 0.05) is 38.6 Å². The highest BCUT2D eigenvalue weighted by Gasteiger charge is 2.41. The number of para-hydroxylation sites is 4. The SMILES string of the molecule is C[Si]1(C)c2ccccc2N(c2ccccc2)c2ccc3c(c21)c(=O)c1cccc2c(=O)c4ccccc4n3c21. The van der Waals surface area contributed by atoms with Gasteiger partial charge >= 0.3 is 0 Å². The monoisotopic (exact) mass is 520 g/mol. The third kappa shape index (κ3) is 2.77. The zero-order valence-corrected chi connectivity index (χ0v) is 22.6. The van der Waals surface area contributed by atoms with E-state index in [-0.39, 0.29) is 10.9 Å². The van der Waals surface area contributed by atoms with Crippen LogP contribution in [0, 0.1) is 0 Å². The second-order valence-corrected chi connectivity index (χ2v) is 15.2. The number of benzene rings is 5. The van der Waals surface area contributed by atoms with Crippen LogP contribution >= 0.6 is 0 Å². The molecule has 3 heterocycles. The Labute approximate surface area is 225 Å². The zero-order chi connectivity index (χ0) is 26.5. The van der Waals surface area contributed by atoms with E-state index in [4.69, 9.17) is 0 Å². The van der Waals surface area contributed by atoms with Crippen LogP contribution in [0.25, 0.3) is 38.1 Å². The molecule has 0 fully saturated rings. The fourth-order valence-corrected chi connectivity index (χ4v) is 10.1. The van der Waals surface area contributed by atoms with Crippen molar-refractivity contribution < 1.29 is 0 Å². The van der Waals surface area contributed by atoms with Gasteiger partial charge in [0.2, 0.25) is 0 Å². The lowest BCUT2D eigenvalue weighted by atomic mass is 10.0. The van der Waals surface area contributed by atoms with Crippen molar-refractivity contribution in [2.24, 2.45) is 0 Å². The van der Waals surface area contributed by atoms with Crippen LogP contribution in [0.15, 0.2) is 119 Å². The minimum Gasteiger partial charge on any atom is -0.311 e. The quantitative estimate of drug-likeness (QED) is 0.148. The largest absolute Gasteiger partial charge is 0.311 e. The minimum absolute atomic E-state index is 0.00454. The Hall–Kier alpha value is -4.74. The van der Waals surface area contributed by atoms with Gasteiger partial charge in [0.25, 0.3) is 0 Å². The molecule has 4 nitrogen and oxygen atoms in total. The van der Waals surface area contributed by atoms with Crippen LogP contribution in [0.2, 0.25) is 13.1 Å². The molecule has 1 aliphatic heterocycles. The van der Waals surface area contributed by atoms with Crippen LogP contribution in [-0.4, -0.2) is 12.5 Å². The first-order chi connectivity index (χ1) is 19.0. The maximum atomic E-state index is 14.5. The maximum Gasteiger partial charge on any atom is 0.197 e. The number of hydrogen-bond donors (Lipinski definition) is 0.